The van der Waals surface area contributed by atoms with Crippen molar-refractivity contribution in [1.82, 2.24) is 14.8 Å². The average molecular weight is 325 g/mol. The van der Waals surface area contributed by atoms with Crippen LogP contribution in [0.4, 0.5) is 5.82 Å². The number of nitrogens with zero attached hydrogens (tertiary/aromatic N) is 4. The number of carbonyl (C=O) groups is 1. The van der Waals surface area contributed by atoms with E-state index in [4.69, 9.17) is 5.26 Å². The van der Waals surface area contributed by atoms with Crippen molar-refractivity contribution in [1.29, 1.82) is 5.26 Å². The summed E-state index contributed by atoms with van der Waals surface area (Å²) in [6.45, 7) is 3.64. The number of aromatic nitrogens is 1. The van der Waals surface area contributed by atoms with Gasteiger partial charge in [0.15, 0.2) is 0 Å². The summed E-state index contributed by atoms with van der Waals surface area (Å²) in [7, 11) is 2.09. The van der Waals surface area contributed by atoms with Gasteiger partial charge in [-0.3, -0.25) is 4.79 Å². The van der Waals surface area contributed by atoms with E-state index in [0.29, 0.717) is 12.5 Å². The summed E-state index contributed by atoms with van der Waals surface area (Å²) < 4.78 is 0. The maximum atomic E-state index is 12.1. The molecule has 1 fully saturated rings. The number of nitrogens with one attached hydrogen (secondary N) is 1. The molecule has 6 nitrogen and oxygen atoms in total. The Morgan fingerprint density at radius 3 is 3.21 bits per heavy atom. The van der Waals surface area contributed by atoms with Crippen molar-refractivity contribution >= 4 is 23.6 Å². The zero-order chi connectivity index (χ0) is 17.1. The summed E-state index contributed by atoms with van der Waals surface area (Å²) in [5, 5.41) is 8.78. The van der Waals surface area contributed by atoms with E-state index in [1.807, 2.05) is 29.4 Å². The second kappa shape index (κ2) is 6.91. The number of piperidine rings is 1. The molecule has 6 heteroatoms. The summed E-state index contributed by atoms with van der Waals surface area (Å²) in [6.07, 6.45) is 7.71. The molecule has 126 valence electrons. The van der Waals surface area contributed by atoms with Crippen LogP contribution in [0.2, 0.25) is 0 Å². The van der Waals surface area contributed by atoms with Crippen molar-refractivity contribution in [2.45, 2.75) is 32.2 Å². The van der Waals surface area contributed by atoms with E-state index in [-0.39, 0.29) is 18.4 Å². The first-order valence-corrected chi connectivity index (χ1v) is 8.39. The molecule has 0 radical (unpaired) electrons. The van der Waals surface area contributed by atoms with E-state index in [1.54, 1.807) is 0 Å². The highest BCUT2D eigenvalue weighted by Crippen LogP contribution is 2.33. The molecule has 0 spiro atoms. The molecule has 0 saturated carbocycles. The molecule has 0 bridgehead atoms. The van der Waals surface area contributed by atoms with Gasteiger partial charge < -0.3 is 14.8 Å². The van der Waals surface area contributed by atoms with Gasteiger partial charge in [0, 0.05) is 56.3 Å². The van der Waals surface area contributed by atoms with Crippen LogP contribution in [0.1, 0.15) is 31.7 Å². The SMILES string of the molecule is C[C@@H]1CCN(C(=O)CC#N)C[C@@H]1N(C)C1=CCC=Nc2[nH]ccc21. The van der Waals surface area contributed by atoms with E-state index < -0.39 is 0 Å². The normalized spacial score (nSPS) is 23.0. The van der Waals surface area contributed by atoms with Gasteiger partial charge in [0.25, 0.3) is 0 Å². The summed E-state index contributed by atoms with van der Waals surface area (Å²) in [5.74, 6) is 1.29. The Kier molecular flexibility index (Phi) is 4.70. The minimum absolute atomic E-state index is 0.0384. The van der Waals surface area contributed by atoms with E-state index in [1.165, 1.54) is 0 Å². The lowest BCUT2D eigenvalue weighted by Crippen LogP contribution is -2.51. The van der Waals surface area contributed by atoms with Crippen LogP contribution in [0.5, 0.6) is 0 Å². The van der Waals surface area contributed by atoms with Gasteiger partial charge in [-0.2, -0.15) is 5.26 Å². The Morgan fingerprint density at radius 2 is 2.42 bits per heavy atom. The molecule has 3 heterocycles. The first kappa shape index (κ1) is 16.3. The maximum Gasteiger partial charge on any atom is 0.236 e. The van der Waals surface area contributed by atoms with Crippen molar-refractivity contribution in [3.63, 3.8) is 0 Å². The maximum absolute atomic E-state index is 12.1. The molecule has 1 N–H and O–H groups in total. The third-order valence-electron chi connectivity index (χ3n) is 5.02. The molecule has 0 unspecified atom stereocenters. The minimum atomic E-state index is -0.0664. The topological polar surface area (TPSA) is 75.5 Å². The number of likely N-dealkylation sites (N-methyl/N-ethyl adjacent to an activating group) is 1. The Morgan fingerprint density at radius 1 is 1.58 bits per heavy atom. The summed E-state index contributed by atoms with van der Waals surface area (Å²) in [6, 6.07) is 4.24. The van der Waals surface area contributed by atoms with Crippen molar-refractivity contribution in [3.05, 3.63) is 23.9 Å². The Bertz CT molecular complexity index is 711. The van der Waals surface area contributed by atoms with E-state index in [2.05, 4.69) is 34.9 Å². The van der Waals surface area contributed by atoms with Crippen LogP contribution >= 0.6 is 0 Å². The molecular formula is C18H23N5O. The first-order chi connectivity index (χ1) is 11.6. The van der Waals surface area contributed by atoms with Crippen LogP contribution in [0, 0.1) is 17.2 Å². The van der Waals surface area contributed by atoms with Crippen LogP contribution in [0.25, 0.3) is 5.70 Å². The zero-order valence-corrected chi connectivity index (χ0v) is 14.2. The number of H-pyrrole nitrogens is 1. The Labute approximate surface area is 142 Å². The molecular weight excluding hydrogens is 302 g/mol. The molecule has 1 aromatic heterocycles. The Hall–Kier alpha value is -2.55. The van der Waals surface area contributed by atoms with Crippen molar-refractivity contribution < 1.29 is 4.79 Å². The van der Waals surface area contributed by atoms with E-state index in [9.17, 15) is 4.79 Å². The summed E-state index contributed by atoms with van der Waals surface area (Å²) >= 11 is 0. The number of hydrogen-bond donors (Lipinski definition) is 1. The molecule has 1 amide bonds. The summed E-state index contributed by atoms with van der Waals surface area (Å²) in [5.41, 5.74) is 2.24. The lowest BCUT2D eigenvalue weighted by Gasteiger charge is -2.43. The lowest BCUT2D eigenvalue weighted by molar-refractivity contribution is -0.132. The highest BCUT2D eigenvalue weighted by Gasteiger charge is 2.33. The number of carbonyl (C=O) groups excluding carboxylic acids is 1. The highest BCUT2D eigenvalue weighted by atomic mass is 16.2. The summed E-state index contributed by atoms with van der Waals surface area (Å²) in [4.78, 5) is 23.8. The van der Waals surface area contributed by atoms with Gasteiger partial charge in [-0.25, -0.2) is 4.99 Å². The third-order valence-corrected chi connectivity index (χ3v) is 5.02. The average Bonchev–Trinajstić information content (AvgIpc) is 2.94. The molecule has 2 atom stereocenters. The first-order valence-electron chi connectivity index (χ1n) is 8.39. The number of amides is 1. The van der Waals surface area contributed by atoms with Crippen LogP contribution in [0.15, 0.2) is 23.3 Å². The molecule has 3 rings (SSSR count). The lowest BCUT2D eigenvalue weighted by atomic mass is 9.91. The number of aromatic amines is 1. The number of likely N-dealkylation sites (tertiary alicyclic amines) is 1. The molecule has 1 saturated heterocycles. The Balaban J connectivity index is 1.81. The van der Waals surface area contributed by atoms with Gasteiger partial charge in [-0.05, 0) is 18.4 Å². The van der Waals surface area contributed by atoms with Crippen LogP contribution in [-0.4, -0.2) is 53.1 Å². The predicted octanol–water partition coefficient (Wildman–Crippen LogP) is 2.54. The molecule has 0 aromatic carbocycles. The fourth-order valence-electron chi connectivity index (χ4n) is 3.56. The largest absolute Gasteiger partial charge is 0.369 e. The highest BCUT2D eigenvalue weighted by molar-refractivity contribution is 5.80. The van der Waals surface area contributed by atoms with E-state index in [0.717, 1.165) is 36.5 Å². The standard InChI is InChI=1S/C18H23N5O/c1-13-7-11-23(17(24)5-8-19)12-16(13)22(2)15-4-3-9-20-18-14(15)6-10-21-18/h4,6,9-10,13,16,21H,3,5,7,11-12H2,1-2H3/t13-,16+/m1/s1. The fraction of sp³-hybridized carbons (Fsp3) is 0.500. The zero-order valence-electron chi connectivity index (χ0n) is 14.2. The van der Waals surface area contributed by atoms with Crippen molar-refractivity contribution in [3.8, 4) is 6.07 Å². The van der Waals surface area contributed by atoms with Gasteiger partial charge in [0.2, 0.25) is 5.91 Å². The molecule has 2 aliphatic heterocycles. The second-order valence-electron chi connectivity index (χ2n) is 6.50. The smallest absolute Gasteiger partial charge is 0.236 e. The van der Waals surface area contributed by atoms with Crippen molar-refractivity contribution in [2.24, 2.45) is 10.9 Å². The predicted molar refractivity (Wildman–Crippen MR) is 93.7 cm³/mol. The third kappa shape index (κ3) is 3.07. The molecule has 1 aromatic rings. The van der Waals surface area contributed by atoms with Gasteiger partial charge in [0.05, 0.1) is 6.07 Å². The molecule has 2 aliphatic rings. The van der Waals surface area contributed by atoms with Crippen LogP contribution in [0.3, 0.4) is 0 Å². The van der Waals surface area contributed by atoms with Gasteiger partial charge in [0.1, 0.15) is 12.2 Å². The number of nitriles is 1. The number of hydrogen-bond acceptors (Lipinski definition) is 4. The van der Waals surface area contributed by atoms with Crippen LogP contribution < -0.4 is 0 Å². The van der Waals surface area contributed by atoms with E-state index >= 15 is 0 Å². The van der Waals surface area contributed by atoms with Gasteiger partial charge in [-0.15, -0.1) is 0 Å². The minimum Gasteiger partial charge on any atom is -0.369 e. The monoisotopic (exact) mass is 325 g/mol. The number of fused-ring (bicyclic) bond motifs is 1. The van der Waals surface area contributed by atoms with Crippen molar-refractivity contribution in [2.75, 3.05) is 20.1 Å². The van der Waals surface area contributed by atoms with Gasteiger partial charge >= 0.3 is 0 Å². The van der Waals surface area contributed by atoms with Crippen LogP contribution in [-0.2, 0) is 4.79 Å². The number of allylic oxidation sites excluding steroid dienone is 1. The number of rotatable bonds is 3. The molecule has 24 heavy (non-hydrogen) atoms. The number of aliphatic imine (C=N–C) groups is 1. The van der Waals surface area contributed by atoms with Gasteiger partial charge in [-0.1, -0.05) is 13.0 Å². The quantitative estimate of drug-likeness (QED) is 0.928. The second-order valence-corrected chi connectivity index (χ2v) is 6.50. The molecule has 0 aliphatic carbocycles. The fourth-order valence-corrected chi connectivity index (χ4v) is 3.56.